The molecule has 0 spiro atoms. The van der Waals surface area contributed by atoms with E-state index in [0.29, 0.717) is 6.42 Å². The molecule has 1 unspecified atom stereocenters. The molecule has 184 valence electrons. The minimum atomic E-state index is -0.733. The fourth-order valence-electron chi connectivity index (χ4n) is 4.73. The topological polar surface area (TPSA) is 55.1 Å². The molecule has 2 aromatic rings. The number of nitrogens with zero attached hydrogens (tertiary/aromatic N) is 2. The van der Waals surface area contributed by atoms with Crippen molar-refractivity contribution in [3.63, 3.8) is 0 Å². The first kappa shape index (κ1) is 27.1. The van der Waals surface area contributed by atoms with E-state index in [1.54, 1.807) is 12.5 Å². The van der Waals surface area contributed by atoms with Crippen LogP contribution in [0.25, 0.3) is 5.69 Å². The van der Waals surface area contributed by atoms with Crippen LogP contribution in [0.5, 0.6) is 0 Å². The molecule has 2 rings (SSSR count). The monoisotopic (exact) mass is 454 g/mol. The minimum Gasteiger partial charge on any atom is -0.481 e. The van der Waals surface area contributed by atoms with Gasteiger partial charge in [0.05, 0.1) is 17.9 Å². The number of imidazole rings is 1. The van der Waals surface area contributed by atoms with E-state index in [4.69, 9.17) is 0 Å². The van der Waals surface area contributed by atoms with Crippen LogP contribution in [-0.4, -0.2) is 20.6 Å². The van der Waals surface area contributed by atoms with Crippen LogP contribution in [0.1, 0.15) is 128 Å². The van der Waals surface area contributed by atoms with Crippen molar-refractivity contribution < 1.29 is 9.90 Å². The zero-order chi connectivity index (χ0) is 23.6. The summed E-state index contributed by atoms with van der Waals surface area (Å²) >= 11 is 0. The van der Waals surface area contributed by atoms with Gasteiger partial charge in [-0.1, -0.05) is 128 Å². The van der Waals surface area contributed by atoms with Crippen LogP contribution in [-0.2, 0) is 4.79 Å². The standard InChI is InChI=1S/C29H46N2O2/c1-2-3-4-5-6-7-8-9-10-11-12-13-14-15-16-17-21-27(29(32)33)26-20-18-19-22-28(26)31-24-23-30-25-31/h18-20,22-25,27H,2-17,21H2,1H3,(H,32,33). The number of unbranched alkanes of at least 4 members (excludes halogenated alkanes) is 15. The van der Waals surface area contributed by atoms with Gasteiger partial charge in [-0.2, -0.15) is 0 Å². The molecule has 0 saturated carbocycles. The number of benzene rings is 1. The minimum absolute atomic E-state index is 0.463. The van der Waals surface area contributed by atoms with Gasteiger partial charge in [-0.05, 0) is 18.1 Å². The van der Waals surface area contributed by atoms with E-state index >= 15 is 0 Å². The predicted octanol–water partition coefficient (Wildman–Crippen LogP) is 8.69. The van der Waals surface area contributed by atoms with E-state index in [0.717, 1.165) is 24.1 Å². The molecule has 0 amide bonds. The normalized spacial score (nSPS) is 12.2. The van der Waals surface area contributed by atoms with Crippen LogP contribution >= 0.6 is 0 Å². The third kappa shape index (κ3) is 11.0. The van der Waals surface area contributed by atoms with Gasteiger partial charge >= 0.3 is 5.97 Å². The lowest BCUT2D eigenvalue weighted by molar-refractivity contribution is -0.139. The fourth-order valence-corrected chi connectivity index (χ4v) is 4.73. The second kappa shape index (κ2) is 17.4. The molecule has 4 nitrogen and oxygen atoms in total. The van der Waals surface area contributed by atoms with Gasteiger partial charge in [0.2, 0.25) is 0 Å². The fraction of sp³-hybridized carbons (Fsp3) is 0.655. The highest BCUT2D eigenvalue weighted by molar-refractivity contribution is 5.77. The first-order valence-corrected chi connectivity index (χ1v) is 13.5. The summed E-state index contributed by atoms with van der Waals surface area (Å²) in [5.74, 6) is -1.20. The van der Waals surface area contributed by atoms with Gasteiger partial charge in [0, 0.05) is 12.4 Å². The molecule has 0 radical (unpaired) electrons. The molecule has 0 aliphatic rings. The summed E-state index contributed by atoms with van der Waals surface area (Å²) in [6.07, 6.45) is 27.3. The molecule has 0 aliphatic carbocycles. The SMILES string of the molecule is CCCCCCCCCCCCCCCCCCC(C(=O)O)c1ccccc1-n1ccnc1. The van der Waals surface area contributed by atoms with Gasteiger partial charge in [-0.3, -0.25) is 4.79 Å². The molecular weight excluding hydrogens is 408 g/mol. The van der Waals surface area contributed by atoms with Crippen LogP contribution in [0.3, 0.4) is 0 Å². The van der Waals surface area contributed by atoms with Crippen molar-refractivity contribution in [2.45, 2.75) is 122 Å². The maximum absolute atomic E-state index is 12.0. The molecule has 4 heteroatoms. The molecule has 1 heterocycles. The third-order valence-electron chi connectivity index (χ3n) is 6.74. The molecule has 33 heavy (non-hydrogen) atoms. The average Bonchev–Trinajstić information content (AvgIpc) is 3.36. The number of aliphatic carboxylic acids is 1. The second-order valence-corrected chi connectivity index (χ2v) is 9.51. The van der Waals surface area contributed by atoms with E-state index in [-0.39, 0.29) is 0 Å². The second-order valence-electron chi connectivity index (χ2n) is 9.51. The van der Waals surface area contributed by atoms with Gasteiger partial charge in [0.15, 0.2) is 0 Å². The Hall–Kier alpha value is -2.10. The number of hydrogen-bond acceptors (Lipinski definition) is 2. The number of para-hydroxylation sites is 1. The summed E-state index contributed by atoms with van der Waals surface area (Å²) in [7, 11) is 0. The van der Waals surface area contributed by atoms with Gasteiger partial charge in [0.25, 0.3) is 0 Å². The molecule has 1 atom stereocenters. The molecule has 1 aromatic heterocycles. The number of carbonyl (C=O) groups is 1. The summed E-state index contributed by atoms with van der Waals surface area (Å²) in [6, 6.07) is 7.80. The molecule has 0 aliphatic heterocycles. The van der Waals surface area contributed by atoms with Gasteiger partial charge in [-0.15, -0.1) is 0 Å². The van der Waals surface area contributed by atoms with E-state index in [9.17, 15) is 9.90 Å². The Bertz CT molecular complexity index is 742. The largest absolute Gasteiger partial charge is 0.481 e. The maximum Gasteiger partial charge on any atom is 0.311 e. The molecular formula is C29H46N2O2. The maximum atomic E-state index is 12.0. The summed E-state index contributed by atoms with van der Waals surface area (Å²) in [5, 5.41) is 9.85. The first-order valence-electron chi connectivity index (χ1n) is 13.5. The zero-order valence-corrected chi connectivity index (χ0v) is 20.9. The molecule has 1 aromatic carbocycles. The van der Waals surface area contributed by atoms with Crippen LogP contribution in [0, 0.1) is 0 Å². The summed E-state index contributed by atoms with van der Waals surface area (Å²) in [4.78, 5) is 16.1. The van der Waals surface area contributed by atoms with Gasteiger partial charge in [0.1, 0.15) is 0 Å². The smallest absolute Gasteiger partial charge is 0.311 e. The predicted molar refractivity (Wildman–Crippen MR) is 138 cm³/mol. The lowest BCUT2D eigenvalue weighted by Crippen LogP contribution is -2.14. The van der Waals surface area contributed by atoms with E-state index in [1.165, 1.54) is 89.9 Å². The Morgan fingerprint density at radius 1 is 0.818 bits per heavy atom. The van der Waals surface area contributed by atoms with Crippen molar-refractivity contribution in [2.24, 2.45) is 0 Å². The number of rotatable bonds is 20. The molecule has 0 fully saturated rings. The van der Waals surface area contributed by atoms with Crippen molar-refractivity contribution in [3.05, 3.63) is 48.5 Å². The van der Waals surface area contributed by atoms with Crippen LogP contribution in [0.15, 0.2) is 43.0 Å². The van der Waals surface area contributed by atoms with Crippen molar-refractivity contribution in [1.82, 2.24) is 9.55 Å². The first-order chi connectivity index (χ1) is 16.2. The Morgan fingerprint density at radius 2 is 1.33 bits per heavy atom. The van der Waals surface area contributed by atoms with Crippen molar-refractivity contribution in [3.8, 4) is 5.69 Å². The van der Waals surface area contributed by atoms with Gasteiger partial charge in [-0.25, -0.2) is 4.98 Å². The third-order valence-corrected chi connectivity index (χ3v) is 6.74. The van der Waals surface area contributed by atoms with Crippen molar-refractivity contribution in [2.75, 3.05) is 0 Å². The van der Waals surface area contributed by atoms with E-state index < -0.39 is 11.9 Å². The number of hydrogen-bond donors (Lipinski definition) is 1. The summed E-state index contributed by atoms with van der Waals surface area (Å²) < 4.78 is 1.90. The Morgan fingerprint density at radius 3 is 1.82 bits per heavy atom. The van der Waals surface area contributed by atoms with Crippen molar-refractivity contribution >= 4 is 5.97 Å². The molecule has 1 N–H and O–H groups in total. The lowest BCUT2D eigenvalue weighted by atomic mass is 9.91. The lowest BCUT2D eigenvalue weighted by Gasteiger charge is -2.17. The molecule has 0 bridgehead atoms. The van der Waals surface area contributed by atoms with Crippen LogP contribution in [0.2, 0.25) is 0 Å². The Labute approximate surface area is 201 Å². The molecule has 0 saturated heterocycles. The van der Waals surface area contributed by atoms with E-state index in [1.807, 2.05) is 35.0 Å². The average molecular weight is 455 g/mol. The Kier molecular flexibility index (Phi) is 14.3. The Balaban J connectivity index is 1.53. The van der Waals surface area contributed by atoms with E-state index in [2.05, 4.69) is 11.9 Å². The highest BCUT2D eigenvalue weighted by Gasteiger charge is 2.22. The summed E-state index contributed by atoms with van der Waals surface area (Å²) in [6.45, 7) is 2.28. The highest BCUT2D eigenvalue weighted by Crippen LogP contribution is 2.28. The quantitative estimate of drug-likeness (QED) is 0.204. The summed E-state index contributed by atoms with van der Waals surface area (Å²) in [5.41, 5.74) is 1.79. The van der Waals surface area contributed by atoms with Crippen LogP contribution < -0.4 is 0 Å². The van der Waals surface area contributed by atoms with Crippen molar-refractivity contribution in [1.29, 1.82) is 0 Å². The van der Waals surface area contributed by atoms with Crippen LogP contribution in [0.4, 0.5) is 0 Å². The zero-order valence-electron chi connectivity index (χ0n) is 20.9. The number of carboxylic acid groups (broad SMARTS) is 1. The van der Waals surface area contributed by atoms with Gasteiger partial charge < -0.3 is 9.67 Å². The number of carboxylic acids is 1. The number of aromatic nitrogens is 2. The highest BCUT2D eigenvalue weighted by atomic mass is 16.4.